The van der Waals surface area contributed by atoms with Crippen LogP contribution in [0.25, 0.3) is 21.6 Å². The van der Waals surface area contributed by atoms with Gasteiger partial charge in [0.1, 0.15) is 4.83 Å². The lowest BCUT2D eigenvalue weighted by Crippen LogP contribution is -1.85. The maximum absolute atomic E-state index is 4.56. The first-order chi connectivity index (χ1) is 7.43. The summed E-state index contributed by atoms with van der Waals surface area (Å²) in [6, 6.07) is 12.0. The molecule has 3 heteroatoms. The van der Waals surface area contributed by atoms with Crippen LogP contribution in [-0.2, 0) is 0 Å². The Balaban J connectivity index is 2.19. The summed E-state index contributed by atoms with van der Waals surface area (Å²) in [7, 11) is 0. The highest BCUT2D eigenvalue weighted by molar-refractivity contribution is 7.16. The number of hydrogen-bond donors (Lipinski definition) is 0. The van der Waals surface area contributed by atoms with E-state index in [9.17, 15) is 0 Å². The number of nitrogens with zero attached hydrogens (tertiary/aromatic N) is 2. The number of aromatic nitrogens is 2. The van der Waals surface area contributed by atoms with Gasteiger partial charge in [-0.1, -0.05) is 6.07 Å². The molecule has 15 heavy (non-hydrogen) atoms. The van der Waals surface area contributed by atoms with Gasteiger partial charge in [-0.25, -0.2) is 4.98 Å². The zero-order chi connectivity index (χ0) is 10.1. The van der Waals surface area contributed by atoms with E-state index in [2.05, 4.69) is 27.5 Å². The Labute approximate surface area is 91.2 Å². The first-order valence-electron chi connectivity index (χ1n) is 4.69. The Bertz CT molecular complexity index is 587. The van der Waals surface area contributed by atoms with E-state index in [1.54, 1.807) is 17.5 Å². The van der Waals surface area contributed by atoms with Crippen LogP contribution in [0.4, 0.5) is 0 Å². The van der Waals surface area contributed by atoms with E-state index >= 15 is 0 Å². The summed E-state index contributed by atoms with van der Waals surface area (Å²) in [6.45, 7) is 0. The second-order valence-electron chi connectivity index (χ2n) is 3.23. The summed E-state index contributed by atoms with van der Waals surface area (Å²) in [5.41, 5.74) is 1.86. The van der Waals surface area contributed by atoms with E-state index < -0.39 is 0 Å². The summed E-state index contributed by atoms with van der Waals surface area (Å²) in [6.07, 6.45) is 1.79. The van der Waals surface area contributed by atoms with Gasteiger partial charge in [-0.2, -0.15) is 0 Å². The summed E-state index contributed by atoms with van der Waals surface area (Å²) in [5, 5.41) is 3.25. The van der Waals surface area contributed by atoms with Crippen molar-refractivity contribution in [2.45, 2.75) is 0 Å². The minimum Gasteiger partial charge on any atom is -0.255 e. The lowest BCUT2D eigenvalue weighted by molar-refractivity contribution is 1.28. The van der Waals surface area contributed by atoms with E-state index in [4.69, 9.17) is 0 Å². The molecular weight excluding hydrogens is 204 g/mol. The number of fused-ring (bicyclic) bond motifs is 1. The fraction of sp³-hybridized carbons (Fsp3) is 0. The van der Waals surface area contributed by atoms with E-state index in [1.807, 2.05) is 24.3 Å². The van der Waals surface area contributed by atoms with Crippen molar-refractivity contribution in [2.75, 3.05) is 0 Å². The Kier molecular flexibility index (Phi) is 1.96. The van der Waals surface area contributed by atoms with Gasteiger partial charge in [0.05, 0.1) is 11.4 Å². The number of rotatable bonds is 1. The van der Waals surface area contributed by atoms with Gasteiger partial charge in [0.25, 0.3) is 0 Å². The van der Waals surface area contributed by atoms with Gasteiger partial charge in [-0.3, -0.25) is 4.98 Å². The van der Waals surface area contributed by atoms with Gasteiger partial charge in [-0.15, -0.1) is 11.3 Å². The number of thiophene rings is 1. The van der Waals surface area contributed by atoms with Crippen molar-refractivity contribution in [3.8, 4) is 11.4 Å². The van der Waals surface area contributed by atoms with Crippen molar-refractivity contribution >= 4 is 21.6 Å². The van der Waals surface area contributed by atoms with Gasteiger partial charge in [0.15, 0.2) is 0 Å². The molecule has 72 valence electrons. The predicted molar refractivity (Wildman–Crippen MR) is 62.9 cm³/mol. The minimum atomic E-state index is 0.924. The lowest BCUT2D eigenvalue weighted by atomic mass is 10.2. The van der Waals surface area contributed by atoms with Crippen molar-refractivity contribution in [3.05, 3.63) is 48.0 Å². The average molecular weight is 212 g/mol. The Hall–Kier alpha value is -1.74. The highest BCUT2D eigenvalue weighted by atomic mass is 32.1. The molecule has 0 aliphatic heterocycles. The number of pyridine rings is 2. The van der Waals surface area contributed by atoms with Crippen LogP contribution in [0.2, 0.25) is 0 Å². The highest BCUT2D eigenvalue weighted by Gasteiger charge is 2.02. The maximum atomic E-state index is 4.56. The summed E-state index contributed by atoms with van der Waals surface area (Å²) in [4.78, 5) is 9.91. The van der Waals surface area contributed by atoms with Crippen molar-refractivity contribution in [1.82, 2.24) is 9.97 Å². The average Bonchev–Trinajstić information content (AvgIpc) is 2.77. The fourth-order valence-electron chi connectivity index (χ4n) is 1.50. The largest absolute Gasteiger partial charge is 0.255 e. The predicted octanol–water partition coefficient (Wildman–Crippen LogP) is 3.36. The molecule has 0 fully saturated rings. The van der Waals surface area contributed by atoms with Crippen LogP contribution in [0.5, 0.6) is 0 Å². The Morgan fingerprint density at radius 2 is 1.93 bits per heavy atom. The third kappa shape index (κ3) is 1.51. The van der Waals surface area contributed by atoms with Crippen molar-refractivity contribution in [3.63, 3.8) is 0 Å². The third-order valence-corrected chi connectivity index (χ3v) is 3.07. The van der Waals surface area contributed by atoms with Crippen LogP contribution >= 0.6 is 11.3 Å². The zero-order valence-corrected chi connectivity index (χ0v) is 8.74. The summed E-state index contributed by atoms with van der Waals surface area (Å²) >= 11 is 1.66. The number of hydrogen-bond acceptors (Lipinski definition) is 3. The fourth-order valence-corrected chi connectivity index (χ4v) is 2.27. The molecule has 0 saturated carbocycles. The maximum Gasteiger partial charge on any atom is 0.124 e. The SMILES string of the molecule is c1ccc(-c2ccc3ccsc3n2)nc1. The molecule has 0 atom stereocenters. The summed E-state index contributed by atoms with van der Waals surface area (Å²) < 4.78 is 0. The Morgan fingerprint density at radius 3 is 2.80 bits per heavy atom. The molecule has 0 saturated heterocycles. The molecule has 0 spiro atoms. The van der Waals surface area contributed by atoms with E-state index in [0.29, 0.717) is 0 Å². The first kappa shape index (κ1) is 8.56. The topological polar surface area (TPSA) is 25.8 Å². The molecular formula is C12H8N2S. The van der Waals surface area contributed by atoms with E-state index in [-0.39, 0.29) is 0 Å². The molecule has 2 nitrogen and oxygen atoms in total. The molecule has 3 rings (SSSR count). The lowest BCUT2D eigenvalue weighted by Gasteiger charge is -1.98. The molecule has 0 aliphatic carbocycles. The molecule has 0 aromatic carbocycles. The van der Waals surface area contributed by atoms with Gasteiger partial charge < -0.3 is 0 Å². The normalized spacial score (nSPS) is 10.7. The molecule has 3 aromatic rings. The monoisotopic (exact) mass is 212 g/mol. The molecule has 0 bridgehead atoms. The van der Waals surface area contributed by atoms with Crippen LogP contribution in [0.1, 0.15) is 0 Å². The van der Waals surface area contributed by atoms with Crippen LogP contribution < -0.4 is 0 Å². The second-order valence-corrected chi connectivity index (χ2v) is 4.12. The van der Waals surface area contributed by atoms with Crippen LogP contribution in [0, 0.1) is 0 Å². The molecule has 0 unspecified atom stereocenters. The van der Waals surface area contributed by atoms with Crippen molar-refractivity contribution in [2.24, 2.45) is 0 Å². The second kappa shape index (κ2) is 3.44. The highest BCUT2D eigenvalue weighted by Crippen LogP contribution is 2.22. The van der Waals surface area contributed by atoms with Gasteiger partial charge in [-0.05, 0) is 35.7 Å². The molecule has 3 heterocycles. The molecule has 0 N–H and O–H groups in total. The van der Waals surface area contributed by atoms with Crippen LogP contribution in [-0.4, -0.2) is 9.97 Å². The summed E-state index contributed by atoms with van der Waals surface area (Å²) in [5.74, 6) is 0. The zero-order valence-electron chi connectivity index (χ0n) is 7.92. The smallest absolute Gasteiger partial charge is 0.124 e. The first-order valence-corrected chi connectivity index (χ1v) is 5.57. The quantitative estimate of drug-likeness (QED) is 0.618. The molecule has 3 aromatic heterocycles. The molecule has 0 radical (unpaired) electrons. The minimum absolute atomic E-state index is 0.924. The van der Waals surface area contributed by atoms with Gasteiger partial charge >= 0.3 is 0 Å². The third-order valence-electron chi connectivity index (χ3n) is 2.24. The van der Waals surface area contributed by atoms with E-state index in [1.165, 1.54) is 5.39 Å². The van der Waals surface area contributed by atoms with Crippen LogP contribution in [0.15, 0.2) is 48.0 Å². The molecule has 0 aliphatic rings. The van der Waals surface area contributed by atoms with Gasteiger partial charge in [0, 0.05) is 11.6 Å². The van der Waals surface area contributed by atoms with Crippen molar-refractivity contribution < 1.29 is 0 Å². The van der Waals surface area contributed by atoms with Crippen molar-refractivity contribution in [1.29, 1.82) is 0 Å². The van der Waals surface area contributed by atoms with Crippen LogP contribution in [0.3, 0.4) is 0 Å². The molecule has 0 amide bonds. The Morgan fingerprint density at radius 1 is 0.933 bits per heavy atom. The van der Waals surface area contributed by atoms with Gasteiger partial charge in [0.2, 0.25) is 0 Å². The standard InChI is InChI=1S/C12H8N2S/c1-2-7-13-10(3-1)11-5-4-9-6-8-15-12(9)14-11/h1-8H. The van der Waals surface area contributed by atoms with E-state index in [0.717, 1.165) is 16.2 Å².